The van der Waals surface area contributed by atoms with Gasteiger partial charge < -0.3 is 5.32 Å². The van der Waals surface area contributed by atoms with E-state index in [9.17, 15) is 13.2 Å². The van der Waals surface area contributed by atoms with Gasteiger partial charge in [0.15, 0.2) is 0 Å². The molecule has 0 radical (unpaired) electrons. The Morgan fingerprint density at radius 1 is 1.18 bits per heavy atom. The third-order valence-corrected chi connectivity index (χ3v) is 7.16. The summed E-state index contributed by atoms with van der Waals surface area (Å²) < 4.78 is 28.4. The predicted octanol–water partition coefficient (Wildman–Crippen LogP) is 2.42. The molecule has 1 amide bonds. The largest absolute Gasteiger partial charge is 0.345 e. The van der Waals surface area contributed by atoms with Crippen LogP contribution >= 0.6 is 0 Å². The Balaban J connectivity index is 1.55. The Morgan fingerprint density at radius 3 is 2.71 bits per heavy atom. The summed E-state index contributed by atoms with van der Waals surface area (Å²) in [6, 6.07) is 5.04. The fourth-order valence-electron chi connectivity index (χ4n) is 4.08. The fourth-order valence-corrected chi connectivity index (χ4v) is 5.42. The molecule has 7 nitrogen and oxygen atoms in total. The zero-order valence-electron chi connectivity index (χ0n) is 15.8. The van der Waals surface area contributed by atoms with Crippen molar-refractivity contribution < 1.29 is 13.2 Å². The van der Waals surface area contributed by atoms with Crippen molar-refractivity contribution in [1.82, 2.24) is 20.0 Å². The SMILES string of the molecule is Cc1ncncc1C(=O)N[C@H]1CCc2ccc(S(=O)(=O)NC3CCCC3)cc21. The lowest BCUT2D eigenvalue weighted by Gasteiger charge is -2.17. The lowest BCUT2D eigenvalue weighted by atomic mass is 10.1. The summed E-state index contributed by atoms with van der Waals surface area (Å²) in [6.45, 7) is 1.76. The van der Waals surface area contributed by atoms with Crippen LogP contribution in [0.4, 0.5) is 0 Å². The molecule has 1 aromatic heterocycles. The average Bonchev–Trinajstić information content (AvgIpc) is 3.31. The highest BCUT2D eigenvalue weighted by Gasteiger charge is 2.28. The van der Waals surface area contributed by atoms with Gasteiger partial charge in [-0.2, -0.15) is 0 Å². The van der Waals surface area contributed by atoms with E-state index in [1.807, 2.05) is 6.07 Å². The number of hydrogen-bond acceptors (Lipinski definition) is 5. The number of amides is 1. The van der Waals surface area contributed by atoms with Crippen molar-refractivity contribution in [2.24, 2.45) is 0 Å². The first kappa shape index (κ1) is 19.0. The monoisotopic (exact) mass is 400 g/mol. The number of rotatable bonds is 5. The van der Waals surface area contributed by atoms with E-state index in [2.05, 4.69) is 20.0 Å². The standard InChI is InChI=1S/C20H24N4O3S/c1-13-18(11-21-12-22-13)20(25)23-19-9-7-14-6-8-16(10-17(14)19)28(26,27)24-15-4-2-3-5-15/h6,8,10-12,15,19,24H,2-5,7,9H2,1H3,(H,23,25)/t19-/m0/s1. The van der Waals surface area contributed by atoms with Gasteiger partial charge in [-0.3, -0.25) is 4.79 Å². The summed E-state index contributed by atoms with van der Waals surface area (Å²) in [5.74, 6) is -0.242. The van der Waals surface area contributed by atoms with Crippen LogP contribution in [0.5, 0.6) is 0 Å². The summed E-state index contributed by atoms with van der Waals surface area (Å²) in [5.41, 5.74) is 2.99. The van der Waals surface area contributed by atoms with Crippen LogP contribution < -0.4 is 10.0 Å². The van der Waals surface area contributed by atoms with Crippen molar-refractivity contribution in [3.63, 3.8) is 0 Å². The highest BCUT2D eigenvalue weighted by Crippen LogP contribution is 2.33. The normalized spacial score (nSPS) is 19.5. The van der Waals surface area contributed by atoms with Gasteiger partial charge in [-0.25, -0.2) is 23.1 Å². The minimum atomic E-state index is -3.56. The average molecular weight is 401 g/mol. The second kappa shape index (κ2) is 7.60. The van der Waals surface area contributed by atoms with Gasteiger partial charge in [0, 0.05) is 12.2 Å². The number of fused-ring (bicyclic) bond motifs is 1. The summed E-state index contributed by atoms with van der Waals surface area (Å²) >= 11 is 0. The Labute approximate surface area is 165 Å². The van der Waals surface area contributed by atoms with Gasteiger partial charge in [-0.15, -0.1) is 0 Å². The van der Waals surface area contributed by atoms with Crippen LogP contribution in [0.25, 0.3) is 0 Å². The molecule has 2 aliphatic carbocycles. The van der Waals surface area contributed by atoms with Crippen molar-refractivity contribution in [3.8, 4) is 0 Å². The third kappa shape index (κ3) is 3.79. The molecule has 8 heteroatoms. The van der Waals surface area contributed by atoms with Gasteiger partial charge in [-0.05, 0) is 55.9 Å². The van der Waals surface area contributed by atoms with Gasteiger partial charge >= 0.3 is 0 Å². The molecule has 1 saturated carbocycles. The molecule has 1 atom stereocenters. The highest BCUT2D eigenvalue weighted by molar-refractivity contribution is 7.89. The lowest BCUT2D eigenvalue weighted by Crippen LogP contribution is -2.33. The first-order valence-corrected chi connectivity index (χ1v) is 11.1. The van der Waals surface area contributed by atoms with Crippen LogP contribution in [0.15, 0.2) is 35.6 Å². The molecule has 0 saturated heterocycles. The number of carbonyl (C=O) groups excluding carboxylic acids is 1. The van der Waals surface area contributed by atoms with Crippen molar-refractivity contribution >= 4 is 15.9 Å². The minimum Gasteiger partial charge on any atom is -0.345 e. The van der Waals surface area contributed by atoms with E-state index < -0.39 is 10.0 Å². The van der Waals surface area contributed by atoms with Crippen LogP contribution in [0, 0.1) is 6.92 Å². The first-order chi connectivity index (χ1) is 13.4. The number of hydrogen-bond donors (Lipinski definition) is 2. The topological polar surface area (TPSA) is 101 Å². The van der Waals surface area contributed by atoms with Crippen molar-refractivity contribution in [2.75, 3.05) is 0 Å². The number of nitrogens with zero attached hydrogens (tertiary/aromatic N) is 2. The van der Waals surface area contributed by atoms with Crippen LogP contribution in [-0.2, 0) is 16.4 Å². The molecular formula is C20H24N4O3S. The van der Waals surface area contributed by atoms with E-state index in [1.54, 1.807) is 19.1 Å². The Morgan fingerprint density at radius 2 is 1.96 bits per heavy atom. The molecular weight excluding hydrogens is 376 g/mol. The predicted molar refractivity (Wildman–Crippen MR) is 104 cm³/mol. The second-order valence-electron chi connectivity index (χ2n) is 7.55. The maximum Gasteiger partial charge on any atom is 0.255 e. The lowest BCUT2D eigenvalue weighted by molar-refractivity contribution is 0.0935. The zero-order valence-corrected chi connectivity index (χ0v) is 16.6. The smallest absolute Gasteiger partial charge is 0.255 e. The van der Waals surface area contributed by atoms with Crippen molar-refractivity contribution in [2.45, 2.75) is 62.4 Å². The van der Waals surface area contributed by atoms with Crippen LogP contribution in [-0.4, -0.2) is 30.3 Å². The number of carbonyl (C=O) groups is 1. The van der Waals surface area contributed by atoms with Gasteiger partial charge in [0.05, 0.1) is 22.2 Å². The second-order valence-corrected chi connectivity index (χ2v) is 9.26. The van der Waals surface area contributed by atoms with Gasteiger partial charge in [-0.1, -0.05) is 18.9 Å². The molecule has 2 N–H and O–H groups in total. The van der Waals surface area contributed by atoms with E-state index in [0.29, 0.717) is 11.3 Å². The van der Waals surface area contributed by atoms with Crippen molar-refractivity contribution in [1.29, 1.82) is 0 Å². The summed E-state index contributed by atoms with van der Waals surface area (Å²) in [5, 5.41) is 3.01. The number of sulfonamides is 1. The summed E-state index contributed by atoms with van der Waals surface area (Å²) in [7, 11) is -3.56. The molecule has 1 aromatic carbocycles. The van der Waals surface area contributed by atoms with Crippen molar-refractivity contribution in [3.05, 3.63) is 53.1 Å². The molecule has 0 spiro atoms. The molecule has 0 aliphatic heterocycles. The van der Waals surface area contributed by atoms with Crippen LogP contribution in [0.2, 0.25) is 0 Å². The number of aryl methyl sites for hydroxylation is 2. The zero-order chi connectivity index (χ0) is 19.7. The maximum atomic E-state index is 12.8. The molecule has 4 rings (SSSR count). The van der Waals surface area contributed by atoms with Gasteiger partial charge in [0.2, 0.25) is 10.0 Å². The van der Waals surface area contributed by atoms with E-state index in [0.717, 1.165) is 49.7 Å². The highest BCUT2D eigenvalue weighted by atomic mass is 32.2. The Kier molecular flexibility index (Phi) is 5.16. The van der Waals surface area contributed by atoms with E-state index in [-0.39, 0.29) is 22.9 Å². The molecule has 2 aliphatic rings. The molecule has 28 heavy (non-hydrogen) atoms. The maximum absolute atomic E-state index is 12.8. The fraction of sp³-hybridized carbons (Fsp3) is 0.450. The first-order valence-electron chi connectivity index (χ1n) is 9.66. The molecule has 1 fully saturated rings. The summed E-state index contributed by atoms with van der Waals surface area (Å²) in [6.07, 6.45) is 8.37. The molecule has 0 unspecified atom stereocenters. The molecule has 0 bridgehead atoms. The van der Waals surface area contributed by atoms with E-state index in [4.69, 9.17) is 0 Å². The molecule has 148 valence electrons. The summed E-state index contributed by atoms with van der Waals surface area (Å²) in [4.78, 5) is 20.9. The van der Waals surface area contributed by atoms with E-state index in [1.165, 1.54) is 12.5 Å². The Bertz CT molecular complexity index is 1000. The molecule has 2 aromatic rings. The van der Waals surface area contributed by atoms with Crippen LogP contribution in [0.1, 0.15) is 65.3 Å². The number of benzene rings is 1. The number of aromatic nitrogens is 2. The minimum absolute atomic E-state index is 0.0230. The quantitative estimate of drug-likeness (QED) is 0.803. The van der Waals surface area contributed by atoms with Gasteiger partial charge in [0.25, 0.3) is 5.91 Å². The van der Waals surface area contributed by atoms with E-state index >= 15 is 0 Å². The van der Waals surface area contributed by atoms with Crippen LogP contribution in [0.3, 0.4) is 0 Å². The Hall–Kier alpha value is -2.32. The molecule has 1 heterocycles. The third-order valence-electron chi connectivity index (χ3n) is 5.64. The number of nitrogens with one attached hydrogen (secondary N) is 2. The van der Waals surface area contributed by atoms with Gasteiger partial charge in [0.1, 0.15) is 6.33 Å².